The summed E-state index contributed by atoms with van der Waals surface area (Å²) in [6.07, 6.45) is 3.29. The first-order valence-corrected chi connectivity index (χ1v) is 11.6. The molecular formula is C25H26F2N8O. The van der Waals surface area contributed by atoms with Gasteiger partial charge < -0.3 is 21.7 Å². The normalized spacial score (nSPS) is 14.9. The standard InChI is InChI=1S/C25H26F2N8O/c1-12-3-4-18-15(11-30-34-18)20(12)22-21(28)23(24(29)36)33-25(32-22)14-9-16(26)17(27)10-19(14)31-13-5-7-35(2)8-6-13/h3-4,9-11,13,31H,5-8,28H2,1-2H3,(H2,29,36)(H,30,34). The summed E-state index contributed by atoms with van der Waals surface area (Å²) in [6, 6.07) is 5.90. The molecule has 0 saturated carbocycles. The van der Waals surface area contributed by atoms with Crippen LogP contribution in [0, 0.1) is 18.6 Å². The number of benzene rings is 2. The monoisotopic (exact) mass is 492 g/mol. The summed E-state index contributed by atoms with van der Waals surface area (Å²) < 4.78 is 28.8. The average Bonchev–Trinajstić information content (AvgIpc) is 3.32. The van der Waals surface area contributed by atoms with Crippen LogP contribution in [0.4, 0.5) is 20.2 Å². The minimum atomic E-state index is -1.06. The third kappa shape index (κ3) is 4.22. The number of nitrogens with one attached hydrogen (secondary N) is 2. The predicted octanol–water partition coefficient (Wildman–Crippen LogP) is 3.46. The molecule has 2 aromatic carbocycles. The van der Waals surface area contributed by atoms with Crippen LogP contribution in [0.3, 0.4) is 0 Å². The first kappa shape index (κ1) is 23.6. The number of carbonyl (C=O) groups excluding carboxylic acids is 1. The highest BCUT2D eigenvalue weighted by molar-refractivity contribution is 6.04. The molecule has 1 aliphatic rings. The molecule has 0 bridgehead atoms. The van der Waals surface area contributed by atoms with Crippen LogP contribution in [0.25, 0.3) is 33.5 Å². The molecule has 36 heavy (non-hydrogen) atoms. The summed E-state index contributed by atoms with van der Waals surface area (Å²) in [4.78, 5) is 23.5. The zero-order valence-electron chi connectivity index (χ0n) is 19.9. The maximum atomic E-state index is 14.5. The first-order chi connectivity index (χ1) is 17.2. The minimum Gasteiger partial charge on any atom is -0.395 e. The maximum absolute atomic E-state index is 14.5. The number of H-pyrrole nitrogens is 1. The highest BCUT2D eigenvalue weighted by Crippen LogP contribution is 2.37. The van der Waals surface area contributed by atoms with Crippen molar-refractivity contribution in [2.45, 2.75) is 25.8 Å². The fourth-order valence-corrected chi connectivity index (χ4v) is 4.63. The van der Waals surface area contributed by atoms with Crippen LogP contribution >= 0.6 is 0 Å². The van der Waals surface area contributed by atoms with E-state index in [0.29, 0.717) is 11.3 Å². The molecule has 6 N–H and O–H groups in total. The molecule has 4 aromatic rings. The van der Waals surface area contributed by atoms with Gasteiger partial charge in [-0.1, -0.05) is 6.07 Å². The molecule has 0 aliphatic carbocycles. The zero-order chi connectivity index (χ0) is 25.6. The summed E-state index contributed by atoms with van der Waals surface area (Å²) in [7, 11) is 2.04. The SMILES string of the molecule is Cc1ccc2[nH]ncc2c1-c1nc(-c2cc(F)c(F)cc2NC2CCN(C)CC2)nc(C(N)=O)c1N. The second-order valence-corrected chi connectivity index (χ2v) is 9.14. The number of aromatic nitrogens is 4. The van der Waals surface area contributed by atoms with Gasteiger partial charge in [-0.05, 0) is 57.6 Å². The van der Waals surface area contributed by atoms with Gasteiger partial charge in [-0.2, -0.15) is 5.10 Å². The van der Waals surface area contributed by atoms with Crippen molar-refractivity contribution in [1.82, 2.24) is 25.1 Å². The summed E-state index contributed by atoms with van der Waals surface area (Å²) in [6.45, 7) is 3.62. The van der Waals surface area contributed by atoms with Gasteiger partial charge in [-0.25, -0.2) is 18.7 Å². The Morgan fingerprint density at radius 1 is 1.17 bits per heavy atom. The topological polar surface area (TPSA) is 139 Å². The van der Waals surface area contributed by atoms with Gasteiger partial charge >= 0.3 is 0 Å². The Morgan fingerprint density at radius 2 is 1.89 bits per heavy atom. The Balaban J connectivity index is 1.71. The van der Waals surface area contributed by atoms with Gasteiger partial charge in [0.1, 0.15) is 0 Å². The smallest absolute Gasteiger partial charge is 0.269 e. The van der Waals surface area contributed by atoms with Gasteiger partial charge in [-0.3, -0.25) is 9.89 Å². The fourth-order valence-electron chi connectivity index (χ4n) is 4.63. The van der Waals surface area contributed by atoms with Crippen LogP contribution < -0.4 is 16.8 Å². The Morgan fingerprint density at radius 3 is 2.61 bits per heavy atom. The molecule has 0 spiro atoms. The number of nitrogens with zero attached hydrogens (tertiary/aromatic N) is 4. The first-order valence-electron chi connectivity index (χ1n) is 11.6. The van der Waals surface area contributed by atoms with E-state index in [9.17, 15) is 13.6 Å². The minimum absolute atomic E-state index is 0.00206. The van der Waals surface area contributed by atoms with Gasteiger partial charge in [0.25, 0.3) is 5.91 Å². The van der Waals surface area contributed by atoms with Gasteiger partial charge in [0.2, 0.25) is 0 Å². The number of nitrogen functional groups attached to an aromatic ring is 1. The summed E-state index contributed by atoms with van der Waals surface area (Å²) in [5.74, 6) is -2.92. The Kier molecular flexibility index (Phi) is 6.00. The van der Waals surface area contributed by atoms with Gasteiger partial charge in [0, 0.05) is 34.3 Å². The van der Waals surface area contributed by atoms with E-state index >= 15 is 0 Å². The van der Waals surface area contributed by atoms with Crippen molar-refractivity contribution in [3.05, 3.63) is 53.4 Å². The molecule has 2 aromatic heterocycles. The molecule has 0 unspecified atom stereocenters. The molecule has 1 fully saturated rings. The molecule has 1 saturated heterocycles. The highest BCUT2D eigenvalue weighted by atomic mass is 19.2. The molecule has 9 nitrogen and oxygen atoms in total. The lowest BCUT2D eigenvalue weighted by Gasteiger charge is -2.30. The van der Waals surface area contributed by atoms with Crippen LogP contribution in [0.5, 0.6) is 0 Å². The largest absolute Gasteiger partial charge is 0.395 e. The molecule has 1 amide bonds. The van der Waals surface area contributed by atoms with E-state index < -0.39 is 17.5 Å². The van der Waals surface area contributed by atoms with Gasteiger partial charge in [-0.15, -0.1) is 0 Å². The number of aryl methyl sites for hydroxylation is 1. The number of fused-ring (bicyclic) bond motifs is 1. The lowest BCUT2D eigenvalue weighted by molar-refractivity contribution is 0.0996. The lowest BCUT2D eigenvalue weighted by atomic mass is 9.98. The van der Waals surface area contributed by atoms with Crippen molar-refractivity contribution in [3.8, 4) is 22.6 Å². The van der Waals surface area contributed by atoms with Crippen molar-refractivity contribution < 1.29 is 13.6 Å². The number of halogens is 2. The van der Waals surface area contributed by atoms with Crippen LogP contribution in [0.2, 0.25) is 0 Å². The van der Waals surface area contributed by atoms with Crippen molar-refractivity contribution in [3.63, 3.8) is 0 Å². The third-order valence-corrected chi connectivity index (χ3v) is 6.63. The molecule has 1 aliphatic heterocycles. The second-order valence-electron chi connectivity index (χ2n) is 9.14. The number of likely N-dealkylation sites (tertiary alicyclic amines) is 1. The van der Waals surface area contributed by atoms with E-state index in [2.05, 4.69) is 30.4 Å². The number of primary amides is 1. The Bertz CT molecular complexity index is 1480. The lowest BCUT2D eigenvalue weighted by Crippen LogP contribution is -2.36. The van der Waals surface area contributed by atoms with E-state index in [-0.39, 0.29) is 34.5 Å². The number of amides is 1. The number of hydrogen-bond acceptors (Lipinski definition) is 7. The number of nitrogens with two attached hydrogens (primary N) is 2. The summed E-state index contributed by atoms with van der Waals surface area (Å²) in [5, 5.41) is 11.1. The Hall–Kier alpha value is -4.12. The fraction of sp³-hybridized carbons (Fsp3) is 0.280. The maximum Gasteiger partial charge on any atom is 0.269 e. The molecular weight excluding hydrogens is 466 g/mol. The highest BCUT2D eigenvalue weighted by Gasteiger charge is 2.25. The van der Waals surface area contributed by atoms with Crippen molar-refractivity contribution in [2.24, 2.45) is 5.73 Å². The number of aromatic amines is 1. The molecule has 0 radical (unpaired) electrons. The zero-order valence-corrected chi connectivity index (χ0v) is 19.9. The van der Waals surface area contributed by atoms with Gasteiger partial charge in [0.05, 0.1) is 23.1 Å². The average molecular weight is 493 g/mol. The third-order valence-electron chi connectivity index (χ3n) is 6.63. The number of carbonyl (C=O) groups is 1. The quantitative estimate of drug-likeness (QED) is 0.335. The van der Waals surface area contributed by atoms with Crippen LogP contribution in [0.1, 0.15) is 28.9 Å². The van der Waals surface area contributed by atoms with E-state index in [1.54, 1.807) is 6.20 Å². The van der Waals surface area contributed by atoms with E-state index in [4.69, 9.17) is 11.5 Å². The van der Waals surface area contributed by atoms with Crippen LogP contribution in [-0.2, 0) is 0 Å². The summed E-state index contributed by atoms with van der Waals surface area (Å²) in [5.41, 5.74) is 14.7. The summed E-state index contributed by atoms with van der Waals surface area (Å²) >= 11 is 0. The molecule has 3 heterocycles. The van der Waals surface area contributed by atoms with Crippen molar-refractivity contribution >= 4 is 28.2 Å². The Labute approximate surface area is 205 Å². The van der Waals surface area contributed by atoms with E-state index in [1.807, 2.05) is 26.1 Å². The molecule has 186 valence electrons. The predicted molar refractivity (Wildman–Crippen MR) is 134 cm³/mol. The number of hydrogen-bond donors (Lipinski definition) is 4. The van der Waals surface area contributed by atoms with Crippen LogP contribution in [-0.4, -0.2) is 57.2 Å². The van der Waals surface area contributed by atoms with E-state index in [1.165, 1.54) is 0 Å². The van der Waals surface area contributed by atoms with Crippen LogP contribution in [0.15, 0.2) is 30.5 Å². The molecule has 0 atom stereocenters. The van der Waals surface area contributed by atoms with Crippen molar-refractivity contribution in [2.75, 3.05) is 31.2 Å². The van der Waals surface area contributed by atoms with E-state index in [0.717, 1.165) is 54.5 Å². The number of anilines is 2. The second kappa shape index (κ2) is 9.15. The number of piperidine rings is 1. The molecule has 11 heteroatoms. The number of rotatable bonds is 5. The molecule has 5 rings (SSSR count). The van der Waals surface area contributed by atoms with Gasteiger partial charge in [0.15, 0.2) is 23.2 Å². The van der Waals surface area contributed by atoms with Crippen molar-refractivity contribution in [1.29, 1.82) is 0 Å².